The standard InChI is InChI=1S/C13H12INO3/c1-3-18-11-7-10(13(16)17-2)15-12-8(11)5-4-6-9(12)14/h4-7H,3H2,1-2H3. The fraction of sp³-hybridized carbons (Fsp3) is 0.231. The Balaban J connectivity index is 2.70. The Labute approximate surface area is 118 Å². The van der Waals surface area contributed by atoms with E-state index in [1.54, 1.807) is 6.07 Å². The quantitative estimate of drug-likeness (QED) is 0.626. The fourth-order valence-corrected chi connectivity index (χ4v) is 2.29. The average molecular weight is 357 g/mol. The van der Waals surface area contributed by atoms with Crippen LogP contribution in [0.4, 0.5) is 0 Å². The number of rotatable bonds is 3. The molecule has 0 amide bonds. The van der Waals surface area contributed by atoms with Crippen molar-refractivity contribution in [3.8, 4) is 5.75 Å². The van der Waals surface area contributed by atoms with Gasteiger partial charge in [0.05, 0.1) is 19.2 Å². The minimum Gasteiger partial charge on any atom is -0.493 e. The highest BCUT2D eigenvalue weighted by atomic mass is 127. The van der Waals surface area contributed by atoms with Crippen molar-refractivity contribution in [1.82, 2.24) is 4.98 Å². The third kappa shape index (κ3) is 2.40. The predicted octanol–water partition coefficient (Wildman–Crippen LogP) is 3.02. The van der Waals surface area contributed by atoms with Crippen molar-refractivity contribution in [3.63, 3.8) is 0 Å². The summed E-state index contributed by atoms with van der Waals surface area (Å²) in [6.07, 6.45) is 0. The van der Waals surface area contributed by atoms with Gasteiger partial charge in [-0.05, 0) is 41.6 Å². The van der Waals surface area contributed by atoms with Crippen molar-refractivity contribution in [2.24, 2.45) is 0 Å². The summed E-state index contributed by atoms with van der Waals surface area (Å²) in [5.41, 5.74) is 1.02. The lowest BCUT2D eigenvalue weighted by atomic mass is 10.2. The number of benzene rings is 1. The molecular weight excluding hydrogens is 345 g/mol. The van der Waals surface area contributed by atoms with E-state index in [-0.39, 0.29) is 5.69 Å². The molecule has 5 heteroatoms. The zero-order valence-electron chi connectivity index (χ0n) is 10.1. The normalized spacial score (nSPS) is 10.4. The van der Waals surface area contributed by atoms with Crippen LogP contribution in [-0.4, -0.2) is 24.7 Å². The van der Waals surface area contributed by atoms with Gasteiger partial charge >= 0.3 is 5.97 Å². The first-order valence-corrected chi connectivity index (χ1v) is 6.55. The van der Waals surface area contributed by atoms with E-state index in [2.05, 4.69) is 27.6 Å². The molecule has 0 bridgehead atoms. The number of hydrogen-bond acceptors (Lipinski definition) is 4. The highest BCUT2D eigenvalue weighted by Gasteiger charge is 2.14. The van der Waals surface area contributed by atoms with Gasteiger partial charge in [-0.2, -0.15) is 0 Å². The maximum absolute atomic E-state index is 11.6. The van der Waals surface area contributed by atoms with E-state index in [0.29, 0.717) is 12.4 Å². The number of methoxy groups -OCH3 is 1. The summed E-state index contributed by atoms with van der Waals surface area (Å²) in [5, 5.41) is 0.899. The maximum atomic E-state index is 11.6. The van der Waals surface area contributed by atoms with Crippen LogP contribution < -0.4 is 4.74 Å². The summed E-state index contributed by atoms with van der Waals surface area (Å²) >= 11 is 2.19. The van der Waals surface area contributed by atoms with Gasteiger partial charge < -0.3 is 9.47 Å². The Morgan fingerprint density at radius 3 is 2.89 bits per heavy atom. The van der Waals surface area contributed by atoms with Crippen LogP contribution in [0.2, 0.25) is 0 Å². The van der Waals surface area contributed by atoms with Gasteiger partial charge in [0.25, 0.3) is 0 Å². The van der Waals surface area contributed by atoms with Crippen molar-refractivity contribution in [3.05, 3.63) is 33.5 Å². The molecule has 0 atom stereocenters. The minimum absolute atomic E-state index is 0.262. The molecule has 0 unspecified atom stereocenters. The van der Waals surface area contributed by atoms with E-state index < -0.39 is 5.97 Å². The van der Waals surface area contributed by atoms with Gasteiger partial charge in [0.1, 0.15) is 5.75 Å². The van der Waals surface area contributed by atoms with Crippen LogP contribution in [0, 0.1) is 3.57 Å². The van der Waals surface area contributed by atoms with Gasteiger partial charge in [-0.15, -0.1) is 0 Å². The molecule has 94 valence electrons. The maximum Gasteiger partial charge on any atom is 0.356 e. The number of pyridine rings is 1. The lowest BCUT2D eigenvalue weighted by Crippen LogP contribution is -2.06. The van der Waals surface area contributed by atoms with E-state index in [4.69, 9.17) is 9.47 Å². The van der Waals surface area contributed by atoms with Crippen LogP contribution in [-0.2, 0) is 4.74 Å². The van der Waals surface area contributed by atoms with Crippen molar-refractivity contribution in [1.29, 1.82) is 0 Å². The molecule has 0 saturated heterocycles. The van der Waals surface area contributed by atoms with Gasteiger partial charge in [-0.3, -0.25) is 0 Å². The number of fused-ring (bicyclic) bond motifs is 1. The van der Waals surface area contributed by atoms with Crippen molar-refractivity contribution in [2.45, 2.75) is 6.92 Å². The molecule has 4 nitrogen and oxygen atoms in total. The summed E-state index contributed by atoms with van der Waals surface area (Å²) in [4.78, 5) is 15.9. The first-order valence-electron chi connectivity index (χ1n) is 5.47. The number of para-hydroxylation sites is 1. The zero-order valence-corrected chi connectivity index (χ0v) is 12.2. The van der Waals surface area contributed by atoms with Gasteiger partial charge in [-0.25, -0.2) is 9.78 Å². The Morgan fingerprint density at radius 1 is 1.44 bits per heavy atom. The number of aromatic nitrogens is 1. The summed E-state index contributed by atoms with van der Waals surface area (Å²) in [5.74, 6) is 0.193. The second-order valence-electron chi connectivity index (χ2n) is 3.57. The number of carbonyl (C=O) groups excluding carboxylic acids is 1. The Morgan fingerprint density at radius 2 is 2.22 bits per heavy atom. The second-order valence-corrected chi connectivity index (χ2v) is 4.73. The molecule has 0 aliphatic heterocycles. The minimum atomic E-state index is -0.461. The van der Waals surface area contributed by atoms with Gasteiger partial charge in [-0.1, -0.05) is 6.07 Å². The Kier molecular flexibility index (Phi) is 4.00. The van der Waals surface area contributed by atoms with Gasteiger partial charge in [0, 0.05) is 15.0 Å². The molecule has 18 heavy (non-hydrogen) atoms. The topological polar surface area (TPSA) is 48.4 Å². The van der Waals surface area contributed by atoms with Crippen LogP contribution in [0.5, 0.6) is 5.75 Å². The molecule has 2 aromatic rings. The number of hydrogen-bond donors (Lipinski definition) is 0. The van der Waals surface area contributed by atoms with Crippen molar-refractivity contribution >= 4 is 39.5 Å². The lowest BCUT2D eigenvalue weighted by Gasteiger charge is -2.10. The smallest absolute Gasteiger partial charge is 0.356 e. The number of ether oxygens (including phenoxy) is 2. The largest absolute Gasteiger partial charge is 0.493 e. The summed E-state index contributed by atoms with van der Waals surface area (Å²) < 4.78 is 11.2. The first kappa shape index (κ1) is 13.1. The fourth-order valence-electron chi connectivity index (χ4n) is 1.67. The average Bonchev–Trinajstić information content (AvgIpc) is 2.39. The van der Waals surface area contributed by atoms with E-state index in [9.17, 15) is 4.79 Å². The molecule has 1 aromatic heterocycles. The van der Waals surface area contributed by atoms with Gasteiger partial charge in [0.2, 0.25) is 0 Å². The molecule has 1 aromatic carbocycles. The molecule has 0 aliphatic carbocycles. The number of esters is 1. The summed E-state index contributed by atoms with van der Waals surface area (Å²) in [7, 11) is 1.34. The molecule has 0 fully saturated rings. The first-order chi connectivity index (χ1) is 8.67. The third-order valence-corrected chi connectivity index (χ3v) is 3.32. The molecule has 0 saturated carbocycles. The molecule has 0 N–H and O–H groups in total. The van der Waals surface area contributed by atoms with E-state index in [1.807, 2.05) is 25.1 Å². The van der Waals surface area contributed by atoms with E-state index >= 15 is 0 Å². The highest BCUT2D eigenvalue weighted by molar-refractivity contribution is 14.1. The Hall–Kier alpha value is -1.37. The molecule has 1 heterocycles. The summed E-state index contributed by atoms with van der Waals surface area (Å²) in [6.45, 7) is 2.43. The SMILES string of the molecule is CCOc1cc(C(=O)OC)nc2c(I)cccc12. The Bertz CT molecular complexity index is 598. The highest BCUT2D eigenvalue weighted by Crippen LogP contribution is 2.28. The molecule has 0 aliphatic rings. The molecule has 0 radical (unpaired) electrons. The van der Waals surface area contributed by atoms with Gasteiger partial charge in [0.15, 0.2) is 5.69 Å². The molecule has 0 spiro atoms. The molecule has 2 rings (SSSR count). The molecular formula is C13H12INO3. The van der Waals surface area contributed by atoms with Crippen LogP contribution in [0.3, 0.4) is 0 Å². The third-order valence-electron chi connectivity index (χ3n) is 2.45. The van der Waals surface area contributed by atoms with Crippen LogP contribution in [0.25, 0.3) is 10.9 Å². The zero-order chi connectivity index (χ0) is 13.1. The second kappa shape index (κ2) is 5.51. The number of halogens is 1. The van der Waals surface area contributed by atoms with E-state index in [0.717, 1.165) is 14.5 Å². The number of nitrogens with zero attached hydrogens (tertiary/aromatic N) is 1. The van der Waals surface area contributed by atoms with E-state index in [1.165, 1.54) is 7.11 Å². The van der Waals surface area contributed by atoms with Crippen LogP contribution >= 0.6 is 22.6 Å². The van der Waals surface area contributed by atoms with Crippen LogP contribution in [0.1, 0.15) is 17.4 Å². The monoisotopic (exact) mass is 357 g/mol. The van der Waals surface area contributed by atoms with Crippen molar-refractivity contribution < 1.29 is 14.3 Å². The lowest BCUT2D eigenvalue weighted by molar-refractivity contribution is 0.0594. The predicted molar refractivity (Wildman–Crippen MR) is 77.0 cm³/mol. The van der Waals surface area contributed by atoms with Crippen LogP contribution in [0.15, 0.2) is 24.3 Å². The van der Waals surface area contributed by atoms with Crippen molar-refractivity contribution in [2.75, 3.05) is 13.7 Å². The number of carbonyl (C=O) groups is 1. The summed E-state index contributed by atoms with van der Waals surface area (Å²) in [6, 6.07) is 7.42.